The minimum Gasteiger partial charge on any atom is -0.356 e. The van der Waals surface area contributed by atoms with Gasteiger partial charge in [0.25, 0.3) is 5.91 Å². The van der Waals surface area contributed by atoms with Crippen LogP contribution in [-0.2, 0) is 6.42 Å². The second kappa shape index (κ2) is 9.11. The second-order valence-corrected chi connectivity index (χ2v) is 9.16. The van der Waals surface area contributed by atoms with Crippen molar-refractivity contribution in [3.8, 4) is 11.4 Å². The van der Waals surface area contributed by atoms with Gasteiger partial charge >= 0.3 is 5.69 Å². The van der Waals surface area contributed by atoms with Crippen molar-refractivity contribution in [1.29, 1.82) is 0 Å². The molecule has 2 aliphatic heterocycles. The zero-order chi connectivity index (χ0) is 24.6. The van der Waals surface area contributed by atoms with Crippen molar-refractivity contribution in [2.24, 2.45) is 0 Å². The third-order valence-corrected chi connectivity index (χ3v) is 6.94. The first kappa shape index (κ1) is 22.3. The maximum atomic E-state index is 13.3. The molecule has 4 aromatic rings. The molecule has 2 radical (unpaired) electrons. The maximum Gasteiger partial charge on any atom is 0.343 e. The lowest BCUT2D eigenvalue weighted by molar-refractivity contribution is 0.0984. The molecule has 1 fully saturated rings. The Kier molecular flexibility index (Phi) is 5.63. The molecule has 0 saturated carbocycles. The van der Waals surface area contributed by atoms with Crippen LogP contribution in [0.1, 0.15) is 34.9 Å². The van der Waals surface area contributed by atoms with E-state index in [4.69, 9.17) is 7.85 Å². The number of nitrogens with zero attached hydrogens (tertiary/aromatic N) is 6. The van der Waals surface area contributed by atoms with Gasteiger partial charge in [-0.25, -0.2) is 19.4 Å². The number of nitrogens with one attached hydrogen (secondary N) is 1. The van der Waals surface area contributed by atoms with Gasteiger partial charge in [0.05, 0.1) is 6.04 Å². The number of piperidine rings is 1. The van der Waals surface area contributed by atoms with Crippen LogP contribution in [0.5, 0.6) is 0 Å². The van der Waals surface area contributed by atoms with E-state index in [0.29, 0.717) is 42.4 Å². The van der Waals surface area contributed by atoms with Crippen LogP contribution in [0.3, 0.4) is 0 Å². The number of hydrogen-bond acceptors (Lipinski definition) is 6. The molecule has 4 heterocycles. The van der Waals surface area contributed by atoms with E-state index in [-0.39, 0.29) is 17.6 Å². The van der Waals surface area contributed by atoms with Crippen LogP contribution in [0, 0.1) is 0 Å². The smallest absolute Gasteiger partial charge is 0.343 e. The van der Waals surface area contributed by atoms with E-state index in [1.54, 1.807) is 15.6 Å². The van der Waals surface area contributed by atoms with Gasteiger partial charge in [0.2, 0.25) is 0 Å². The summed E-state index contributed by atoms with van der Waals surface area (Å²) in [5, 5.41) is 4.55. The van der Waals surface area contributed by atoms with E-state index in [2.05, 4.69) is 25.0 Å². The first-order valence-corrected chi connectivity index (χ1v) is 12.1. The number of aromatic amines is 1. The van der Waals surface area contributed by atoms with Crippen LogP contribution in [0.2, 0.25) is 0 Å². The highest BCUT2D eigenvalue weighted by atomic mass is 16.2. The Balaban J connectivity index is 1.15. The monoisotopic (exact) mass is 477 g/mol. The van der Waals surface area contributed by atoms with Gasteiger partial charge in [-0.1, -0.05) is 47.9 Å². The van der Waals surface area contributed by atoms with Gasteiger partial charge < -0.3 is 9.80 Å². The molecule has 2 aromatic carbocycles. The standard InChI is InChI=1S/C26H24BN7O2/c27-19-6-7-22-18(14-19)8-13-33(22)25(35)21-15-23(29-16-28-21)32-11-9-20(10-12-32)34-26(36)30-24(31-34)17-4-2-1-3-5-17/h1-7,14-16,20H,8-13H2,(H,30,31,36). The molecule has 178 valence electrons. The van der Waals surface area contributed by atoms with Crippen LogP contribution in [0.4, 0.5) is 11.5 Å². The summed E-state index contributed by atoms with van der Waals surface area (Å²) in [5.74, 6) is 1.14. The second-order valence-electron chi connectivity index (χ2n) is 9.16. The fraction of sp³-hybridized carbons (Fsp3) is 0.269. The van der Waals surface area contributed by atoms with Crippen LogP contribution >= 0.6 is 0 Å². The van der Waals surface area contributed by atoms with E-state index >= 15 is 0 Å². The lowest BCUT2D eigenvalue weighted by Crippen LogP contribution is -2.38. The first-order valence-electron chi connectivity index (χ1n) is 12.1. The minimum absolute atomic E-state index is 0.000982. The zero-order valence-corrected chi connectivity index (χ0v) is 19.7. The van der Waals surface area contributed by atoms with Crippen molar-refractivity contribution in [1.82, 2.24) is 24.7 Å². The number of hydrogen-bond donors (Lipinski definition) is 1. The molecule has 10 heteroatoms. The summed E-state index contributed by atoms with van der Waals surface area (Å²) in [6.45, 7) is 1.99. The number of anilines is 2. The number of aromatic nitrogens is 5. The quantitative estimate of drug-likeness (QED) is 0.451. The van der Waals surface area contributed by atoms with Crippen molar-refractivity contribution >= 4 is 30.7 Å². The molecule has 6 rings (SSSR count). The van der Waals surface area contributed by atoms with Crippen LogP contribution in [0.25, 0.3) is 11.4 Å². The number of benzene rings is 2. The van der Waals surface area contributed by atoms with Gasteiger partial charge in [0.15, 0.2) is 5.82 Å². The number of carbonyl (C=O) groups excluding carboxylic acids is 1. The summed E-state index contributed by atoms with van der Waals surface area (Å²) < 4.78 is 1.56. The zero-order valence-electron chi connectivity index (χ0n) is 19.7. The third kappa shape index (κ3) is 4.08. The number of amides is 1. The summed E-state index contributed by atoms with van der Waals surface area (Å²) >= 11 is 0. The summed E-state index contributed by atoms with van der Waals surface area (Å²) in [7, 11) is 5.89. The molecule has 9 nitrogen and oxygen atoms in total. The molecule has 1 saturated heterocycles. The molecule has 0 aliphatic carbocycles. The largest absolute Gasteiger partial charge is 0.356 e. The van der Waals surface area contributed by atoms with Crippen LogP contribution in [0.15, 0.2) is 65.7 Å². The Morgan fingerprint density at radius 1 is 1.00 bits per heavy atom. The van der Waals surface area contributed by atoms with Gasteiger partial charge in [0, 0.05) is 37.0 Å². The summed E-state index contributed by atoms with van der Waals surface area (Å²) in [6.07, 6.45) is 3.70. The van der Waals surface area contributed by atoms with Crippen LogP contribution < -0.4 is 21.0 Å². The fourth-order valence-corrected chi connectivity index (χ4v) is 5.06. The normalized spacial score (nSPS) is 15.8. The highest BCUT2D eigenvalue weighted by Crippen LogP contribution is 2.29. The lowest BCUT2D eigenvalue weighted by atomic mass is 9.93. The maximum absolute atomic E-state index is 13.3. The minimum atomic E-state index is -0.199. The predicted octanol–water partition coefficient (Wildman–Crippen LogP) is 1.87. The van der Waals surface area contributed by atoms with E-state index in [1.807, 2.05) is 48.5 Å². The van der Waals surface area contributed by atoms with Gasteiger partial charge in [0.1, 0.15) is 25.7 Å². The van der Waals surface area contributed by atoms with Crippen molar-refractivity contribution < 1.29 is 4.79 Å². The molecule has 1 N–H and O–H groups in total. The molecule has 0 bridgehead atoms. The highest BCUT2D eigenvalue weighted by Gasteiger charge is 2.28. The fourth-order valence-electron chi connectivity index (χ4n) is 5.06. The Morgan fingerprint density at radius 3 is 2.61 bits per heavy atom. The van der Waals surface area contributed by atoms with E-state index in [0.717, 1.165) is 36.1 Å². The summed E-state index contributed by atoms with van der Waals surface area (Å²) in [6, 6.07) is 17.0. The average molecular weight is 477 g/mol. The number of H-pyrrole nitrogens is 1. The molecule has 0 atom stereocenters. The SMILES string of the molecule is [B]c1ccc2c(c1)CCN2C(=O)c1cc(N2CCC(n3nc(-c4ccccc4)[nH]c3=O)CC2)ncn1. The van der Waals surface area contributed by atoms with E-state index in [9.17, 15) is 9.59 Å². The summed E-state index contributed by atoms with van der Waals surface area (Å²) in [4.78, 5) is 41.3. The number of rotatable bonds is 4. The molecule has 36 heavy (non-hydrogen) atoms. The van der Waals surface area contributed by atoms with Gasteiger partial charge in [-0.05, 0) is 30.9 Å². The van der Waals surface area contributed by atoms with Crippen molar-refractivity contribution in [3.63, 3.8) is 0 Å². The molecule has 0 spiro atoms. The number of fused-ring (bicyclic) bond motifs is 1. The van der Waals surface area contributed by atoms with Gasteiger partial charge in [-0.15, -0.1) is 5.10 Å². The number of carbonyl (C=O) groups is 1. The molecule has 2 aromatic heterocycles. The summed E-state index contributed by atoms with van der Waals surface area (Å²) in [5.41, 5.74) is 3.70. The van der Waals surface area contributed by atoms with Gasteiger partial charge in [-0.2, -0.15) is 0 Å². The molecule has 1 amide bonds. The topological polar surface area (TPSA) is 100 Å². The Morgan fingerprint density at radius 2 is 1.81 bits per heavy atom. The Labute approximate surface area is 209 Å². The van der Waals surface area contributed by atoms with Crippen molar-refractivity contribution in [2.45, 2.75) is 25.3 Å². The van der Waals surface area contributed by atoms with Gasteiger partial charge in [-0.3, -0.25) is 9.78 Å². The first-order chi connectivity index (χ1) is 17.6. The Bertz CT molecular complexity index is 1480. The van der Waals surface area contributed by atoms with Crippen LogP contribution in [-0.4, -0.2) is 58.1 Å². The van der Waals surface area contributed by atoms with Crippen molar-refractivity contribution in [3.05, 3.63) is 82.7 Å². The molecule has 0 unspecified atom stereocenters. The van der Waals surface area contributed by atoms with Crippen molar-refractivity contribution in [2.75, 3.05) is 29.4 Å². The van der Waals surface area contributed by atoms with E-state index in [1.165, 1.54) is 6.33 Å². The average Bonchev–Trinajstić information content (AvgIpc) is 3.52. The van der Waals surface area contributed by atoms with E-state index < -0.39 is 0 Å². The molecular formula is C26H24BN7O2. The molecular weight excluding hydrogens is 453 g/mol. The lowest BCUT2D eigenvalue weighted by Gasteiger charge is -2.32. The predicted molar refractivity (Wildman–Crippen MR) is 138 cm³/mol. The third-order valence-electron chi connectivity index (χ3n) is 6.94. The highest BCUT2D eigenvalue weighted by molar-refractivity contribution is 6.32. The Hall–Kier alpha value is -4.21. The molecule has 2 aliphatic rings.